The minimum atomic E-state index is 0.203. The van der Waals surface area contributed by atoms with Crippen molar-refractivity contribution < 1.29 is 4.79 Å². The lowest BCUT2D eigenvalue weighted by Gasteiger charge is -2.26. The fourth-order valence-corrected chi connectivity index (χ4v) is 3.88. The van der Waals surface area contributed by atoms with Crippen molar-refractivity contribution in [1.29, 1.82) is 0 Å². The molecule has 0 saturated heterocycles. The van der Waals surface area contributed by atoms with Gasteiger partial charge in [-0.05, 0) is 50.2 Å². The Bertz CT molecular complexity index is 800. The molecule has 2 aromatic rings. The summed E-state index contributed by atoms with van der Waals surface area (Å²) >= 11 is 0. The van der Waals surface area contributed by atoms with E-state index >= 15 is 0 Å². The first-order chi connectivity index (χ1) is 13.3. The van der Waals surface area contributed by atoms with Gasteiger partial charge in [0.15, 0.2) is 0 Å². The molecule has 0 saturated carbocycles. The number of carbonyl (C=O) groups is 1. The molecule has 1 aliphatic heterocycles. The zero-order valence-electron chi connectivity index (χ0n) is 15.5. The lowest BCUT2D eigenvalue weighted by Crippen LogP contribution is -2.35. The summed E-state index contributed by atoms with van der Waals surface area (Å²) in [7, 11) is 0. The van der Waals surface area contributed by atoms with Crippen LogP contribution in [0.3, 0.4) is 0 Å². The molecule has 0 unspecified atom stereocenters. The Kier molecular flexibility index (Phi) is 5.46. The van der Waals surface area contributed by atoms with Crippen LogP contribution in [0.2, 0.25) is 0 Å². The molecule has 7 heteroatoms. The number of nitrogens with one attached hydrogen (secondary N) is 1. The summed E-state index contributed by atoms with van der Waals surface area (Å²) < 4.78 is 2.05. The Hall–Kier alpha value is -2.70. The molecular formula is C20H26N6O. The quantitative estimate of drug-likeness (QED) is 0.880. The Labute approximate surface area is 159 Å². The molecule has 0 aromatic carbocycles. The predicted molar refractivity (Wildman–Crippen MR) is 103 cm³/mol. The van der Waals surface area contributed by atoms with Crippen molar-refractivity contribution in [3.63, 3.8) is 0 Å². The summed E-state index contributed by atoms with van der Waals surface area (Å²) in [5, 5.41) is 7.73. The second-order valence-corrected chi connectivity index (χ2v) is 7.32. The normalized spacial score (nSPS) is 19.8. The standard InChI is InChI=1S/C20H26N6O/c27-19(17-5-2-1-3-6-17)25-13-16(14-26-18(15-25)8-12-24-26)7-11-23-20-21-9-4-10-22-20/h4-5,8-10,12,16H,1-3,6-7,11,13-15H2,(H,21,22,23)/t16-/m1/s1. The SMILES string of the molecule is O=C(C1=CCCCC1)N1Cc2ccnn2C[C@H](CCNc2ncccn2)C1. The van der Waals surface area contributed by atoms with Gasteiger partial charge >= 0.3 is 0 Å². The fraction of sp³-hybridized carbons (Fsp3) is 0.500. The number of hydrogen-bond donors (Lipinski definition) is 1. The van der Waals surface area contributed by atoms with Crippen molar-refractivity contribution in [3.8, 4) is 0 Å². The van der Waals surface area contributed by atoms with Crippen LogP contribution in [0.25, 0.3) is 0 Å². The molecule has 4 rings (SSSR count). The first-order valence-corrected chi connectivity index (χ1v) is 9.79. The predicted octanol–water partition coefficient (Wildman–Crippen LogP) is 2.63. The zero-order valence-corrected chi connectivity index (χ0v) is 15.5. The van der Waals surface area contributed by atoms with E-state index in [2.05, 4.69) is 26.5 Å². The maximum absolute atomic E-state index is 13.1. The Morgan fingerprint density at radius 1 is 1.19 bits per heavy atom. The van der Waals surface area contributed by atoms with Crippen LogP contribution >= 0.6 is 0 Å². The summed E-state index contributed by atoms with van der Waals surface area (Å²) in [6, 6.07) is 3.83. The maximum atomic E-state index is 13.1. The van der Waals surface area contributed by atoms with Gasteiger partial charge < -0.3 is 10.2 Å². The van der Waals surface area contributed by atoms with E-state index in [0.717, 1.165) is 56.6 Å². The molecule has 3 heterocycles. The highest BCUT2D eigenvalue weighted by Crippen LogP contribution is 2.24. The highest BCUT2D eigenvalue weighted by molar-refractivity contribution is 5.93. The topological polar surface area (TPSA) is 75.9 Å². The number of anilines is 1. The van der Waals surface area contributed by atoms with Crippen molar-refractivity contribution in [1.82, 2.24) is 24.6 Å². The molecule has 0 bridgehead atoms. The molecule has 142 valence electrons. The molecule has 7 nitrogen and oxygen atoms in total. The number of fused-ring (bicyclic) bond motifs is 1. The summed E-state index contributed by atoms with van der Waals surface area (Å²) in [5.41, 5.74) is 2.10. The monoisotopic (exact) mass is 366 g/mol. The van der Waals surface area contributed by atoms with Gasteiger partial charge in [0.05, 0.1) is 12.2 Å². The Morgan fingerprint density at radius 3 is 2.89 bits per heavy atom. The lowest BCUT2D eigenvalue weighted by atomic mass is 9.98. The number of amides is 1. The molecule has 27 heavy (non-hydrogen) atoms. The number of nitrogens with zero attached hydrogens (tertiary/aromatic N) is 5. The summed E-state index contributed by atoms with van der Waals surface area (Å²) in [6.45, 7) is 3.01. The summed E-state index contributed by atoms with van der Waals surface area (Å²) in [4.78, 5) is 23.5. The van der Waals surface area contributed by atoms with Crippen LogP contribution in [-0.4, -0.2) is 43.6 Å². The number of hydrogen-bond acceptors (Lipinski definition) is 5. The van der Waals surface area contributed by atoms with Gasteiger partial charge in [-0.15, -0.1) is 0 Å². The second kappa shape index (κ2) is 8.33. The molecule has 0 radical (unpaired) electrons. The van der Waals surface area contributed by atoms with Crippen molar-refractivity contribution in [2.45, 2.75) is 45.2 Å². The van der Waals surface area contributed by atoms with Crippen LogP contribution < -0.4 is 5.32 Å². The average molecular weight is 366 g/mol. The third kappa shape index (κ3) is 4.35. The average Bonchev–Trinajstić information content (AvgIpc) is 3.07. The van der Waals surface area contributed by atoms with Crippen LogP contribution in [0.5, 0.6) is 0 Å². The summed E-state index contributed by atoms with van der Waals surface area (Å²) in [5.74, 6) is 1.19. The van der Waals surface area contributed by atoms with E-state index in [9.17, 15) is 4.79 Å². The van der Waals surface area contributed by atoms with Crippen molar-refractivity contribution >= 4 is 11.9 Å². The van der Waals surface area contributed by atoms with Gasteiger partial charge in [-0.25, -0.2) is 9.97 Å². The molecule has 0 spiro atoms. The Morgan fingerprint density at radius 2 is 2.07 bits per heavy atom. The first kappa shape index (κ1) is 17.7. The minimum Gasteiger partial charge on any atom is -0.354 e. The molecule has 1 amide bonds. The van der Waals surface area contributed by atoms with Gasteiger partial charge in [0, 0.05) is 43.8 Å². The highest BCUT2D eigenvalue weighted by Gasteiger charge is 2.27. The number of carbonyl (C=O) groups excluding carboxylic acids is 1. The fourth-order valence-electron chi connectivity index (χ4n) is 3.88. The van der Waals surface area contributed by atoms with Gasteiger partial charge in [0.2, 0.25) is 11.9 Å². The van der Waals surface area contributed by atoms with Gasteiger partial charge in [-0.3, -0.25) is 9.48 Å². The molecule has 1 atom stereocenters. The molecular weight excluding hydrogens is 340 g/mol. The molecule has 2 aromatic heterocycles. The van der Waals surface area contributed by atoms with Crippen LogP contribution in [0, 0.1) is 5.92 Å². The zero-order chi connectivity index (χ0) is 18.5. The first-order valence-electron chi connectivity index (χ1n) is 9.79. The van der Waals surface area contributed by atoms with Gasteiger partial charge in [-0.2, -0.15) is 5.10 Å². The smallest absolute Gasteiger partial charge is 0.249 e. The van der Waals surface area contributed by atoms with Crippen molar-refractivity contribution in [2.24, 2.45) is 5.92 Å². The van der Waals surface area contributed by atoms with E-state index < -0.39 is 0 Å². The van der Waals surface area contributed by atoms with E-state index in [1.54, 1.807) is 18.5 Å². The van der Waals surface area contributed by atoms with Crippen LogP contribution in [0.15, 0.2) is 42.4 Å². The largest absolute Gasteiger partial charge is 0.354 e. The van der Waals surface area contributed by atoms with Crippen molar-refractivity contribution in [2.75, 3.05) is 18.4 Å². The van der Waals surface area contributed by atoms with Crippen LogP contribution in [0.1, 0.15) is 37.8 Å². The van der Waals surface area contributed by atoms with Gasteiger partial charge in [0.25, 0.3) is 0 Å². The van der Waals surface area contributed by atoms with Gasteiger partial charge in [-0.1, -0.05) is 6.08 Å². The number of aromatic nitrogens is 4. The number of rotatable bonds is 5. The second-order valence-electron chi connectivity index (χ2n) is 7.32. The molecule has 2 aliphatic rings. The van der Waals surface area contributed by atoms with Crippen LogP contribution in [-0.2, 0) is 17.9 Å². The lowest BCUT2D eigenvalue weighted by molar-refractivity contribution is -0.128. The van der Waals surface area contributed by atoms with E-state index in [1.807, 2.05) is 21.8 Å². The van der Waals surface area contributed by atoms with Gasteiger partial charge in [0.1, 0.15) is 0 Å². The third-order valence-electron chi connectivity index (χ3n) is 5.32. The molecule has 1 aliphatic carbocycles. The molecule has 0 fully saturated rings. The van der Waals surface area contributed by atoms with E-state index in [0.29, 0.717) is 18.4 Å². The highest BCUT2D eigenvalue weighted by atomic mass is 16.2. The summed E-state index contributed by atoms with van der Waals surface area (Å²) in [6.07, 6.45) is 12.6. The number of allylic oxidation sites excluding steroid dienone is 1. The van der Waals surface area contributed by atoms with E-state index in [4.69, 9.17) is 0 Å². The van der Waals surface area contributed by atoms with E-state index in [-0.39, 0.29) is 5.91 Å². The maximum Gasteiger partial charge on any atom is 0.249 e. The van der Waals surface area contributed by atoms with Crippen molar-refractivity contribution in [3.05, 3.63) is 48.1 Å². The van der Waals surface area contributed by atoms with E-state index in [1.165, 1.54) is 6.42 Å². The third-order valence-corrected chi connectivity index (χ3v) is 5.32. The Balaban J connectivity index is 1.43. The van der Waals surface area contributed by atoms with Crippen LogP contribution in [0.4, 0.5) is 5.95 Å². The minimum absolute atomic E-state index is 0.203. The molecule has 1 N–H and O–H groups in total.